The second kappa shape index (κ2) is 6.16. The zero-order chi connectivity index (χ0) is 14.9. The number of carbonyl (C=O) groups excluding carboxylic acids is 1. The fourth-order valence-corrected chi connectivity index (χ4v) is 2.70. The summed E-state index contributed by atoms with van der Waals surface area (Å²) >= 11 is 12.8. The van der Waals surface area contributed by atoms with Gasteiger partial charge in [-0.3, -0.25) is 4.79 Å². The molecule has 2 rings (SSSR count). The summed E-state index contributed by atoms with van der Waals surface area (Å²) in [6, 6.07) is 8.59. The van der Waals surface area contributed by atoms with Crippen molar-refractivity contribution in [2.45, 2.75) is 6.92 Å². The van der Waals surface area contributed by atoms with E-state index in [1.807, 2.05) is 13.0 Å². The SMILES string of the molecule is Cc1cc(Br)c(NC(=O)c2ccc(N)c(Br)c2)cc1Cl. The summed E-state index contributed by atoms with van der Waals surface area (Å²) in [5, 5.41) is 3.41. The average Bonchev–Trinajstić information content (AvgIpc) is 2.39. The van der Waals surface area contributed by atoms with Gasteiger partial charge in [0.15, 0.2) is 0 Å². The second-order valence-electron chi connectivity index (χ2n) is 4.27. The number of anilines is 2. The summed E-state index contributed by atoms with van der Waals surface area (Å²) in [6.45, 7) is 1.90. The Hall–Kier alpha value is -1.04. The summed E-state index contributed by atoms with van der Waals surface area (Å²) in [5.41, 5.74) is 8.35. The fraction of sp³-hybridized carbons (Fsp3) is 0.0714. The largest absolute Gasteiger partial charge is 0.398 e. The van der Waals surface area contributed by atoms with Crippen LogP contribution in [0.3, 0.4) is 0 Å². The lowest BCUT2D eigenvalue weighted by Gasteiger charge is -2.10. The van der Waals surface area contributed by atoms with Crippen LogP contribution < -0.4 is 11.1 Å². The molecule has 0 aliphatic heterocycles. The molecule has 2 aromatic rings. The summed E-state index contributed by atoms with van der Waals surface area (Å²) < 4.78 is 1.47. The third kappa shape index (κ3) is 3.34. The summed E-state index contributed by atoms with van der Waals surface area (Å²) in [7, 11) is 0. The van der Waals surface area contributed by atoms with Crippen molar-refractivity contribution >= 4 is 60.7 Å². The van der Waals surface area contributed by atoms with Gasteiger partial charge in [0.25, 0.3) is 5.91 Å². The number of nitrogen functional groups attached to an aromatic ring is 1. The van der Waals surface area contributed by atoms with Crippen molar-refractivity contribution in [3.8, 4) is 0 Å². The molecule has 0 bridgehead atoms. The molecular weight excluding hydrogens is 407 g/mol. The predicted octanol–water partition coefficient (Wildman–Crippen LogP) is 5.01. The zero-order valence-electron chi connectivity index (χ0n) is 10.5. The molecule has 0 aliphatic rings. The van der Waals surface area contributed by atoms with Crippen LogP contribution in [0, 0.1) is 6.92 Å². The Kier molecular flexibility index (Phi) is 4.73. The third-order valence-electron chi connectivity index (χ3n) is 2.76. The first-order valence-electron chi connectivity index (χ1n) is 5.70. The number of amides is 1. The molecule has 3 nitrogen and oxygen atoms in total. The third-order valence-corrected chi connectivity index (χ3v) is 4.51. The zero-order valence-corrected chi connectivity index (χ0v) is 14.4. The molecule has 0 saturated carbocycles. The molecule has 0 heterocycles. The van der Waals surface area contributed by atoms with Gasteiger partial charge in [0.2, 0.25) is 0 Å². The Bertz CT molecular complexity index is 689. The number of hydrogen-bond donors (Lipinski definition) is 2. The first-order chi connectivity index (χ1) is 9.38. The van der Waals surface area contributed by atoms with Crippen LogP contribution in [0.4, 0.5) is 11.4 Å². The number of benzene rings is 2. The van der Waals surface area contributed by atoms with Crippen molar-refractivity contribution < 1.29 is 4.79 Å². The second-order valence-corrected chi connectivity index (χ2v) is 6.39. The van der Waals surface area contributed by atoms with E-state index >= 15 is 0 Å². The lowest BCUT2D eigenvalue weighted by molar-refractivity contribution is 0.102. The van der Waals surface area contributed by atoms with Crippen LogP contribution in [0.5, 0.6) is 0 Å². The van der Waals surface area contributed by atoms with Gasteiger partial charge < -0.3 is 11.1 Å². The Morgan fingerprint density at radius 2 is 1.90 bits per heavy atom. The first kappa shape index (κ1) is 15.4. The van der Waals surface area contributed by atoms with E-state index in [0.717, 1.165) is 10.0 Å². The van der Waals surface area contributed by atoms with Crippen molar-refractivity contribution in [1.82, 2.24) is 0 Å². The molecule has 3 N–H and O–H groups in total. The molecule has 0 spiro atoms. The minimum absolute atomic E-state index is 0.230. The van der Waals surface area contributed by atoms with Gasteiger partial charge >= 0.3 is 0 Å². The molecule has 0 atom stereocenters. The van der Waals surface area contributed by atoms with Gasteiger partial charge in [0, 0.05) is 25.2 Å². The van der Waals surface area contributed by atoms with E-state index in [0.29, 0.717) is 26.4 Å². The normalized spacial score (nSPS) is 10.4. The highest BCUT2D eigenvalue weighted by molar-refractivity contribution is 9.11. The number of nitrogens with one attached hydrogen (secondary N) is 1. The minimum Gasteiger partial charge on any atom is -0.398 e. The smallest absolute Gasteiger partial charge is 0.255 e. The van der Waals surface area contributed by atoms with Crippen LogP contribution >= 0.6 is 43.5 Å². The molecule has 20 heavy (non-hydrogen) atoms. The maximum atomic E-state index is 12.2. The van der Waals surface area contributed by atoms with Gasteiger partial charge in [0.1, 0.15) is 0 Å². The van der Waals surface area contributed by atoms with Gasteiger partial charge in [-0.25, -0.2) is 0 Å². The summed E-state index contributed by atoms with van der Waals surface area (Å²) in [4.78, 5) is 12.2. The van der Waals surface area contributed by atoms with Crippen molar-refractivity contribution in [2.75, 3.05) is 11.1 Å². The molecule has 0 aromatic heterocycles. The van der Waals surface area contributed by atoms with Crippen molar-refractivity contribution in [1.29, 1.82) is 0 Å². The molecule has 0 radical (unpaired) electrons. The van der Waals surface area contributed by atoms with Crippen LogP contribution in [-0.2, 0) is 0 Å². The number of carbonyl (C=O) groups is 1. The number of hydrogen-bond acceptors (Lipinski definition) is 2. The van der Waals surface area contributed by atoms with E-state index in [9.17, 15) is 4.79 Å². The molecule has 6 heteroatoms. The van der Waals surface area contributed by atoms with E-state index in [-0.39, 0.29) is 5.91 Å². The molecular formula is C14H11Br2ClN2O. The molecule has 1 amide bonds. The quantitative estimate of drug-likeness (QED) is 0.674. The van der Waals surface area contributed by atoms with E-state index in [4.69, 9.17) is 17.3 Å². The Labute approximate surface area is 138 Å². The summed E-state index contributed by atoms with van der Waals surface area (Å²) in [6.07, 6.45) is 0. The van der Waals surface area contributed by atoms with Crippen LogP contribution in [0.25, 0.3) is 0 Å². The van der Waals surface area contributed by atoms with Crippen LogP contribution in [0.1, 0.15) is 15.9 Å². The van der Waals surface area contributed by atoms with E-state index < -0.39 is 0 Å². The topological polar surface area (TPSA) is 55.1 Å². The van der Waals surface area contributed by atoms with Crippen LogP contribution in [0.2, 0.25) is 5.02 Å². The van der Waals surface area contributed by atoms with E-state index in [1.54, 1.807) is 24.3 Å². The molecule has 2 aromatic carbocycles. The highest BCUT2D eigenvalue weighted by Gasteiger charge is 2.11. The predicted molar refractivity (Wildman–Crippen MR) is 90.4 cm³/mol. The van der Waals surface area contributed by atoms with E-state index in [2.05, 4.69) is 37.2 Å². The number of aryl methyl sites for hydroxylation is 1. The highest BCUT2D eigenvalue weighted by Crippen LogP contribution is 2.30. The minimum atomic E-state index is -0.230. The summed E-state index contributed by atoms with van der Waals surface area (Å²) in [5.74, 6) is -0.230. The van der Waals surface area contributed by atoms with E-state index in [1.165, 1.54) is 0 Å². The number of rotatable bonds is 2. The van der Waals surface area contributed by atoms with Gasteiger partial charge in [-0.1, -0.05) is 11.6 Å². The monoisotopic (exact) mass is 416 g/mol. The van der Waals surface area contributed by atoms with Crippen molar-refractivity contribution in [3.63, 3.8) is 0 Å². The standard InChI is InChI=1S/C14H11Br2ClN2O/c1-7-4-10(16)13(6-11(7)17)19-14(20)8-2-3-12(18)9(15)5-8/h2-6H,18H2,1H3,(H,19,20). The maximum absolute atomic E-state index is 12.2. The van der Waals surface area contributed by atoms with Gasteiger partial charge in [-0.2, -0.15) is 0 Å². The molecule has 0 fully saturated rings. The van der Waals surface area contributed by atoms with Crippen molar-refractivity contribution in [3.05, 3.63) is 55.4 Å². The molecule has 0 unspecified atom stereocenters. The Morgan fingerprint density at radius 3 is 2.55 bits per heavy atom. The number of nitrogens with two attached hydrogens (primary N) is 1. The van der Waals surface area contributed by atoms with Gasteiger partial charge in [0.05, 0.1) is 5.69 Å². The fourth-order valence-electron chi connectivity index (χ4n) is 1.60. The Morgan fingerprint density at radius 1 is 1.20 bits per heavy atom. The number of halogens is 3. The van der Waals surface area contributed by atoms with Crippen LogP contribution in [0.15, 0.2) is 39.3 Å². The van der Waals surface area contributed by atoms with Crippen molar-refractivity contribution in [2.24, 2.45) is 0 Å². The lowest BCUT2D eigenvalue weighted by Crippen LogP contribution is -2.12. The van der Waals surface area contributed by atoms with Crippen LogP contribution in [-0.4, -0.2) is 5.91 Å². The Balaban J connectivity index is 2.27. The highest BCUT2D eigenvalue weighted by atomic mass is 79.9. The average molecular weight is 419 g/mol. The molecule has 0 saturated heterocycles. The van der Waals surface area contributed by atoms with Gasteiger partial charge in [-0.05, 0) is 74.7 Å². The lowest BCUT2D eigenvalue weighted by atomic mass is 10.2. The first-order valence-corrected chi connectivity index (χ1v) is 7.67. The molecule has 104 valence electrons. The maximum Gasteiger partial charge on any atom is 0.255 e. The molecule has 0 aliphatic carbocycles. The van der Waals surface area contributed by atoms with Gasteiger partial charge in [-0.15, -0.1) is 0 Å².